The monoisotopic (exact) mass is 580 g/mol. The van der Waals surface area contributed by atoms with Crippen LogP contribution in [0, 0.1) is 5.82 Å². The Bertz CT molecular complexity index is 1370. The lowest BCUT2D eigenvalue weighted by molar-refractivity contribution is -0.0331. The van der Waals surface area contributed by atoms with E-state index >= 15 is 0 Å². The van der Waals surface area contributed by atoms with Gasteiger partial charge in [0.1, 0.15) is 30.0 Å². The number of imidazole rings is 1. The quantitative estimate of drug-likeness (QED) is 0.141. The summed E-state index contributed by atoms with van der Waals surface area (Å²) in [6.45, 7) is 1.32. The molecule has 18 heteroatoms. The van der Waals surface area contributed by atoms with Gasteiger partial charge in [-0.05, 0) is 36.2 Å². The van der Waals surface area contributed by atoms with Gasteiger partial charge in [0.2, 0.25) is 5.28 Å². The first-order chi connectivity index (χ1) is 17.2. The van der Waals surface area contributed by atoms with E-state index in [1.165, 1.54) is 23.0 Å². The first kappa shape index (κ1) is 28.0. The fraction of sp³-hybridized carbons (Fsp3) is 0.421. The minimum Gasteiger partial charge on any atom is -0.387 e. The molecule has 0 bridgehead atoms. The number of nitrogens with one attached hydrogen (secondary N) is 2. The normalized spacial score (nSPS) is 24.8. The van der Waals surface area contributed by atoms with E-state index in [1.807, 2.05) is 6.92 Å². The fourth-order valence-corrected chi connectivity index (χ4v) is 6.90. The first-order valence-electron chi connectivity index (χ1n) is 10.8. The molecular weight excluding hydrogens is 557 g/mol. The third-order valence-corrected chi connectivity index (χ3v) is 9.50. The molecular formula is C19H24ClFN6O8P2. The molecule has 5 unspecified atom stereocenters. The summed E-state index contributed by atoms with van der Waals surface area (Å²) in [7, 11) is -9.25. The largest absolute Gasteiger partial charge is 0.387 e. The molecule has 6 atom stereocenters. The molecule has 0 spiro atoms. The molecule has 1 aliphatic rings. The molecule has 1 fully saturated rings. The van der Waals surface area contributed by atoms with Crippen LogP contribution in [0.15, 0.2) is 30.6 Å². The van der Waals surface area contributed by atoms with Crippen molar-refractivity contribution in [2.24, 2.45) is 0 Å². The summed E-state index contributed by atoms with van der Waals surface area (Å²) < 4.78 is 43.3. The number of benzene rings is 1. The highest BCUT2D eigenvalue weighted by atomic mass is 35.5. The molecule has 202 valence electrons. The highest BCUT2D eigenvalue weighted by molar-refractivity contribution is 7.71. The van der Waals surface area contributed by atoms with Crippen LogP contribution >= 0.6 is 26.7 Å². The van der Waals surface area contributed by atoms with Gasteiger partial charge in [0.05, 0.1) is 12.4 Å². The third kappa shape index (κ3) is 6.52. The highest BCUT2D eigenvalue weighted by Gasteiger charge is 2.45. The van der Waals surface area contributed by atoms with Gasteiger partial charge in [0.15, 0.2) is 23.2 Å². The SMILES string of the molecule is C[C@H](Nc1nc(Cl)nc2c1ncn2C1OC(CNP(=O)(O)CP(=O)(O)O)C(O)C1O)c1ccc(F)cc1. The lowest BCUT2D eigenvalue weighted by atomic mass is 10.1. The van der Waals surface area contributed by atoms with Gasteiger partial charge in [-0.3, -0.25) is 13.7 Å². The van der Waals surface area contributed by atoms with Crippen LogP contribution in [-0.4, -0.2) is 75.2 Å². The standard InChI is InChI=1S/C19H24ClFN6O8P2/c1-9(10-2-4-11(21)5-3-10)24-16-13-17(26-19(20)25-16)27(7-22-13)18-15(29)14(28)12(35-18)6-23-36(30,31)8-37(32,33)34/h2-5,7,9,12,14-15,18,28-29H,6,8H2,1H3,(H2,23,30,31)(H,24,25,26)(H2,32,33,34)/t9-,12?,14?,15?,18?/m0/s1. The molecule has 4 rings (SSSR count). The maximum atomic E-state index is 13.3. The Morgan fingerprint density at radius 1 is 1.16 bits per heavy atom. The third-order valence-electron chi connectivity index (χ3n) is 5.64. The minimum atomic E-state index is -4.79. The predicted molar refractivity (Wildman–Crippen MR) is 129 cm³/mol. The number of hydrogen-bond acceptors (Lipinski definition) is 9. The number of nitrogens with zero attached hydrogens (tertiary/aromatic N) is 4. The molecule has 0 radical (unpaired) electrons. The summed E-state index contributed by atoms with van der Waals surface area (Å²) in [4.78, 5) is 40.2. The van der Waals surface area contributed by atoms with Gasteiger partial charge in [0, 0.05) is 6.54 Å². The molecule has 3 aromatic rings. The Labute approximate surface area is 214 Å². The van der Waals surface area contributed by atoms with Gasteiger partial charge in [-0.1, -0.05) is 12.1 Å². The van der Waals surface area contributed by atoms with Crippen molar-refractivity contribution in [3.05, 3.63) is 47.3 Å². The van der Waals surface area contributed by atoms with Crippen LogP contribution in [0.5, 0.6) is 0 Å². The van der Waals surface area contributed by atoms with Crippen molar-refractivity contribution in [3.8, 4) is 0 Å². The minimum absolute atomic E-state index is 0.146. The first-order valence-corrected chi connectivity index (χ1v) is 14.8. The van der Waals surface area contributed by atoms with Crippen LogP contribution < -0.4 is 10.4 Å². The maximum absolute atomic E-state index is 13.3. The van der Waals surface area contributed by atoms with Crippen molar-refractivity contribution in [3.63, 3.8) is 0 Å². The second kappa shape index (κ2) is 10.6. The number of fused-ring (bicyclic) bond motifs is 1. The van der Waals surface area contributed by atoms with Crippen molar-refractivity contribution in [1.82, 2.24) is 24.6 Å². The lowest BCUT2D eigenvalue weighted by Crippen LogP contribution is -2.37. The zero-order valence-corrected chi connectivity index (χ0v) is 21.6. The second-order valence-electron chi connectivity index (χ2n) is 8.50. The molecule has 1 saturated heterocycles. The smallest absolute Gasteiger partial charge is 0.336 e. The van der Waals surface area contributed by atoms with E-state index in [9.17, 15) is 28.6 Å². The molecule has 0 amide bonds. The number of aromatic nitrogens is 4. The van der Waals surface area contributed by atoms with Crippen LogP contribution in [0.1, 0.15) is 24.8 Å². The molecule has 14 nitrogen and oxygen atoms in total. The Kier molecular flexibility index (Phi) is 8.03. The predicted octanol–water partition coefficient (Wildman–Crippen LogP) is 1.32. The fourth-order valence-electron chi connectivity index (χ4n) is 3.88. The zero-order valence-electron chi connectivity index (χ0n) is 19.1. The van der Waals surface area contributed by atoms with Crippen molar-refractivity contribution >= 4 is 43.7 Å². The molecule has 1 aliphatic heterocycles. The van der Waals surface area contributed by atoms with Crippen molar-refractivity contribution in [2.75, 3.05) is 17.8 Å². The van der Waals surface area contributed by atoms with E-state index in [0.29, 0.717) is 0 Å². The van der Waals surface area contributed by atoms with Crippen molar-refractivity contribution in [2.45, 2.75) is 37.5 Å². The van der Waals surface area contributed by atoms with E-state index in [2.05, 4.69) is 25.4 Å². The van der Waals surface area contributed by atoms with Gasteiger partial charge in [-0.25, -0.2) is 14.5 Å². The van der Waals surface area contributed by atoms with Gasteiger partial charge in [0.25, 0.3) is 7.52 Å². The Morgan fingerprint density at radius 3 is 2.49 bits per heavy atom. The molecule has 1 aromatic carbocycles. The number of aliphatic hydroxyl groups excluding tert-OH is 2. The Hall–Kier alpha value is -2.03. The Morgan fingerprint density at radius 2 is 1.84 bits per heavy atom. The van der Waals surface area contributed by atoms with Crippen molar-refractivity contribution < 1.29 is 43.2 Å². The van der Waals surface area contributed by atoms with E-state index in [-0.39, 0.29) is 34.1 Å². The summed E-state index contributed by atoms with van der Waals surface area (Å²) in [6, 6.07) is 5.53. The number of ether oxygens (including phenoxy) is 1. The number of aliphatic hydroxyl groups is 2. The van der Waals surface area contributed by atoms with Crippen LogP contribution in [0.25, 0.3) is 11.2 Å². The van der Waals surface area contributed by atoms with Crippen LogP contribution in [0.3, 0.4) is 0 Å². The lowest BCUT2D eigenvalue weighted by Gasteiger charge is -2.19. The number of halogens is 2. The van der Waals surface area contributed by atoms with Crippen molar-refractivity contribution in [1.29, 1.82) is 0 Å². The molecule has 3 heterocycles. The van der Waals surface area contributed by atoms with Crippen LogP contribution in [0.4, 0.5) is 10.2 Å². The average molecular weight is 581 g/mol. The summed E-state index contributed by atoms with van der Waals surface area (Å²) in [5, 5.41) is 26.1. The summed E-state index contributed by atoms with van der Waals surface area (Å²) in [6.07, 6.45) is -4.22. The van der Waals surface area contributed by atoms with Gasteiger partial charge >= 0.3 is 7.60 Å². The molecule has 0 aliphatic carbocycles. The van der Waals surface area contributed by atoms with Gasteiger partial charge in [-0.2, -0.15) is 9.97 Å². The molecule has 37 heavy (non-hydrogen) atoms. The zero-order chi connectivity index (χ0) is 27.1. The summed E-state index contributed by atoms with van der Waals surface area (Å²) >= 11 is 6.12. The average Bonchev–Trinajstić information content (AvgIpc) is 3.32. The van der Waals surface area contributed by atoms with E-state index in [4.69, 9.17) is 26.1 Å². The van der Waals surface area contributed by atoms with Crippen LogP contribution in [-0.2, 0) is 13.9 Å². The van der Waals surface area contributed by atoms with Gasteiger partial charge < -0.3 is 34.9 Å². The second-order valence-corrected chi connectivity index (χ2v) is 13.0. The Balaban J connectivity index is 1.55. The molecule has 7 N–H and O–H groups in total. The number of anilines is 1. The summed E-state index contributed by atoms with van der Waals surface area (Å²) in [5.74, 6) is -1.44. The molecule has 0 saturated carbocycles. The van der Waals surface area contributed by atoms with Crippen LogP contribution in [0.2, 0.25) is 5.28 Å². The maximum Gasteiger partial charge on any atom is 0.336 e. The summed E-state index contributed by atoms with van der Waals surface area (Å²) in [5.41, 5.74) is 1.16. The number of rotatable bonds is 9. The van der Waals surface area contributed by atoms with Gasteiger partial charge in [-0.15, -0.1) is 0 Å². The van der Waals surface area contributed by atoms with E-state index < -0.39 is 52.1 Å². The highest BCUT2D eigenvalue weighted by Crippen LogP contribution is 2.52. The number of hydrogen-bond donors (Lipinski definition) is 7. The molecule has 2 aromatic heterocycles. The van der Waals surface area contributed by atoms with E-state index in [1.54, 1.807) is 12.1 Å². The topological polar surface area (TPSA) is 212 Å². The van der Waals surface area contributed by atoms with E-state index in [0.717, 1.165) is 5.56 Å².